The van der Waals surface area contributed by atoms with E-state index in [0.29, 0.717) is 13.0 Å². The van der Waals surface area contributed by atoms with Crippen LogP contribution in [0.4, 0.5) is 5.69 Å². The molecule has 1 N–H and O–H groups in total. The number of amides is 1. The maximum absolute atomic E-state index is 11.9. The molecule has 0 aromatic heterocycles. The number of carbonyl (C=O) groups excluding carboxylic acids is 1. The van der Waals surface area contributed by atoms with Crippen molar-refractivity contribution in [2.45, 2.75) is 19.8 Å². The molecule has 2 rings (SSSR count). The third kappa shape index (κ3) is 5.23. The van der Waals surface area contributed by atoms with Crippen molar-refractivity contribution in [3.63, 3.8) is 0 Å². The van der Waals surface area contributed by atoms with Crippen LogP contribution in [0.1, 0.15) is 18.9 Å². The van der Waals surface area contributed by atoms with Gasteiger partial charge >= 0.3 is 0 Å². The van der Waals surface area contributed by atoms with Crippen molar-refractivity contribution in [1.29, 1.82) is 0 Å². The topological polar surface area (TPSA) is 38.3 Å². The van der Waals surface area contributed by atoms with Crippen LogP contribution in [0.3, 0.4) is 0 Å². The van der Waals surface area contributed by atoms with E-state index in [9.17, 15) is 4.79 Å². The third-order valence-corrected chi connectivity index (χ3v) is 3.53. The summed E-state index contributed by atoms with van der Waals surface area (Å²) in [4.78, 5) is 11.9. The first-order valence-corrected chi connectivity index (χ1v) is 7.74. The number of ether oxygens (including phenoxy) is 1. The number of carbonyl (C=O) groups is 1. The maximum Gasteiger partial charge on any atom is 0.224 e. The fraction of sp³-hybridized carbons (Fsp3) is 0.235. The highest BCUT2D eigenvalue weighted by molar-refractivity contribution is 9.10. The summed E-state index contributed by atoms with van der Waals surface area (Å²) >= 11 is 3.37. The second-order valence-corrected chi connectivity index (χ2v) is 5.55. The Hall–Kier alpha value is -1.81. The van der Waals surface area contributed by atoms with Gasteiger partial charge in [-0.3, -0.25) is 4.79 Å². The lowest BCUT2D eigenvalue weighted by molar-refractivity contribution is -0.116. The largest absolute Gasteiger partial charge is 0.494 e. The zero-order valence-electron chi connectivity index (χ0n) is 11.9. The second-order valence-electron chi connectivity index (χ2n) is 4.63. The van der Waals surface area contributed by atoms with E-state index in [2.05, 4.69) is 21.2 Å². The third-order valence-electron chi connectivity index (χ3n) is 3.00. The molecule has 0 bridgehead atoms. The second kappa shape index (κ2) is 7.84. The van der Waals surface area contributed by atoms with E-state index in [1.54, 1.807) is 0 Å². The number of nitrogens with one attached hydrogen (secondary N) is 1. The van der Waals surface area contributed by atoms with Crippen molar-refractivity contribution in [3.05, 3.63) is 58.6 Å². The fourth-order valence-electron chi connectivity index (χ4n) is 1.93. The van der Waals surface area contributed by atoms with Gasteiger partial charge < -0.3 is 10.1 Å². The van der Waals surface area contributed by atoms with E-state index >= 15 is 0 Å². The number of benzene rings is 2. The molecule has 0 spiro atoms. The normalized spacial score (nSPS) is 10.2. The Balaban J connectivity index is 1.81. The summed E-state index contributed by atoms with van der Waals surface area (Å²) in [5.41, 5.74) is 1.94. The van der Waals surface area contributed by atoms with E-state index in [4.69, 9.17) is 4.74 Å². The van der Waals surface area contributed by atoms with E-state index in [1.165, 1.54) is 0 Å². The van der Waals surface area contributed by atoms with Gasteiger partial charge in [-0.25, -0.2) is 0 Å². The summed E-state index contributed by atoms with van der Waals surface area (Å²) in [5, 5.41) is 2.89. The van der Waals surface area contributed by atoms with Crippen molar-refractivity contribution >= 4 is 27.5 Å². The van der Waals surface area contributed by atoms with Crippen LogP contribution in [0.2, 0.25) is 0 Å². The number of halogens is 1. The Labute approximate surface area is 133 Å². The summed E-state index contributed by atoms with van der Waals surface area (Å²) in [5.74, 6) is 0.881. The Morgan fingerprint density at radius 2 is 1.76 bits per heavy atom. The molecule has 0 radical (unpaired) electrons. The summed E-state index contributed by atoms with van der Waals surface area (Å²) < 4.78 is 6.39. The van der Waals surface area contributed by atoms with Gasteiger partial charge in [0.15, 0.2) is 0 Å². The molecule has 2 aromatic rings. The molecule has 0 saturated carbocycles. The van der Waals surface area contributed by atoms with E-state index in [1.807, 2.05) is 55.5 Å². The molecule has 110 valence electrons. The molecule has 0 aliphatic carbocycles. The van der Waals surface area contributed by atoms with Crippen LogP contribution >= 0.6 is 15.9 Å². The van der Waals surface area contributed by atoms with Crippen molar-refractivity contribution < 1.29 is 9.53 Å². The van der Waals surface area contributed by atoms with Gasteiger partial charge in [0.25, 0.3) is 0 Å². The van der Waals surface area contributed by atoms with Gasteiger partial charge in [-0.05, 0) is 55.3 Å². The Morgan fingerprint density at radius 3 is 2.38 bits per heavy atom. The molecule has 0 saturated heterocycles. The molecule has 0 heterocycles. The number of anilines is 1. The minimum atomic E-state index is 0.0196. The first kappa shape index (κ1) is 15.6. The maximum atomic E-state index is 11.9. The van der Waals surface area contributed by atoms with Gasteiger partial charge in [0, 0.05) is 16.6 Å². The molecule has 0 atom stereocenters. The molecule has 21 heavy (non-hydrogen) atoms. The van der Waals surface area contributed by atoms with Gasteiger partial charge in [-0.2, -0.15) is 0 Å². The van der Waals surface area contributed by atoms with E-state index in [-0.39, 0.29) is 5.91 Å². The quantitative estimate of drug-likeness (QED) is 0.839. The van der Waals surface area contributed by atoms with Crippen LogP contribution in [0.25, 0.3) is 0 Å². The molecule has 3 nitrogen and oxygen atoms in total. The first-order chi connectivity index (χ1) is 10.2. The minimum absolute atomic E-state index is 0.0196. The van der Waals surface area contributed by atoms with Gasteiger partial charge in [0.1, 0.15) is 5.75 Å². The summed E-state index contributed by atoms with van der Waals surface area (Å²) in [6.07, 6.45) is 1.18. The molecule has 0 aliphatic rings. The van der Waals surface area contributed by atoms with Crippen molar-refractivity contribution in [3.8, 4) is 5.75 Å². The minimum Gasteiger partial charge on any atom is -0.494 e. The van der Waals surface area contributed by atoms with Crippen LogP contribution < -0.4 is 10.1 Å². The monoisotopic (exact) mass is 347 g/mol. The summed E-state index contributed by atoms with van der Waals surface area (Å²) in [7, 11) is 0. The SMILES string of the molecule is CCOc1ccc(CCC(=O)Nc2ccc(Br)cc2)cc1. The predicted octanol–water partition coefficient (Wildman–Crippen LogP) is 4.42. The number of hydrogen-bond acceptors (Lipinski definition) is 2. The number of rotatable bonds is 6. The molecule has 1 amide bonds. The van der Waals surface area contributed by atoms with Crippen molar-refractivity contribution in [2.75, 3.05) is 11.9 Å². The van der Waals surface area contributed by atoms with E-state index < -0.39 is 0 Å². The average Bonchev–Trinajstić information content (AvgIpc) is 2.49. The highest BCUT2D eigenvalue weighted by atomic mass is 79.9. The average molecular weight is 348 g/mol. The zero-order valence-corrected chi connectivity index (χ0v) is 13.5. The van der Waals surface area contributed by atoms with Crippen LogP contribution in [0, 0.1) is 0 Å². The van der Waals surface area contributed by atoms with Crippen LogP contribution in [0.15, 0.2) is 53.0 Å². The van der Waals surface area contributed by atoms with Crippen molar-refractivity contribution in [1.82, 2.24) is 0 Å². The number of hydrogen-bond donors (Lipinski definition) is 1. The molecule has 4 heteroatoms. The number of aryl methyl sites for hydroxylation is 1. The van der Waals surface area contributed by atoms with Crippen LogP contribution in [0.5, 0.6) is 5.75 Å². The lowest BCUT2D eigenvalue weighted by atomic mass is 10.1. The summed E-state index contributed by atoms with van der Waals surface area (Å²) in [6.45, 7) is 2.62. The Kier molecular flexibility index (Phi) is 5.81. The smallest absolute Gasteiger partial charge is 0.224 e. The lowest BCUT2D eigenvalue weighted by Gasteiger charge is -2.06. The first-order valence-electron chi connectivity index (χ1n) is 6.94. The van der Waals surface area contributed by atoms with Gasteiger partial charge in [-0.1, -0.05) is 28.1 Å². The molecule has 0 unspecified atom stereocenters. The lowest BCUT2D eigenvalue weighted by Crippen LogP contribution is -2.12. The summed E-state index contributed by atoms with van der Waals surface area (Å²) in [6, 6.07) is 15.4. The van der Waals surface area contributed by atoms with Crippen molar-refractivity contribution in [2.24, 2.45) is 0 Å². The standard InChI is InChI=1S/C17H18BrNO2/c1-2-21-16-10-3-13(4-11-16)5-12-17(20)19-15-8-6-14(18)7-9-15/h3-4,6-11H,2,5,12H2,1H3,(H,19,20). The Bertz CT molecular complexity index is 579. The molecule has 2 aromatic carbocycles. The highest BCUT2D eigenvalue weighted by Gasteiger charge is 2.03. The highest BCUT2D eigenvalue weighted by Crippen LogP contribution is 2.16. The molecular formula is C17H18BrNO2. The Morgan fingerprint density at radius 1 is 1.10 bits per heavy atom. The zero-order chi connectivity index (χ0) is 15.1. The molecule has 0 aliphatic heterocycles. The van der Waals surface area contributed by atoms with Gasteiger partial charge in [-0.15, -0.1) is 0 Å². The van der Waals surface area contributed by atoms with E-state index in [0.717, 1.165) is 27.9 Å². The predicted molar refractivity (Wildman–Crippen MR) is 88.7 cm³/mol. The molecular weight excluding hydrogens is 330 g/mol. The van der Waals surface area contributed by atoms with Crippen LogP contribution in [-0.2, 0) is 11.2 Å². The fourth-order valence-corrected chi connectivity index (χ4v) is 2.20. The van der Waals surface area contributed by atoms with Crippen LogP contribution in [-0.4, -0.2) is 12.5 Å². The van der Waals surface area contributed by atoms with Gasteiger partial charge in [0.05, 0.1) is 6.61 Å². The molecule has 0 fully saturated rings. The van der Waals surface area contributed by atoms with Gasteiger partial charge in [0.2, 0.25) is 5.91 Å².